The fraction of sp³-hybridized carbons (Fsp3) is 0.682. The molecule has 3 heterocycles. The van der Waals surface area contributed by atoms with Crippen molar-refractivity contribution >= 4 is 27.4 Å². The van der Waals surface area contributed by atoms with Crippen LogP contribution in [0.15, 0.2) is 23.1 Å². The molecule has 4 rings (SSSR count). The lowest BCUT2D eigenvalue weighted by molar-refractivity contribution is 0.113. The van der Waals surface area contributed by atoms with Crippen molar-refractivity contribution in [2.24, 2.45) is 5.41 Å². The fourth-order valence-corrected chi connectivity index (χ4v) is 6.95. The molecule has 1 atom stereocenters. The van der Waals surface area contributed by atoms with Gasteiger partial charge in [-0.3, -0.25) is 0 Å². The van der Waals surface area contributed by atoms with Crippen LogP contribution in [0, 0.1) is 19.3 Å². The van der Waals surface area contributed by atoms with Gasteiger partial charge in [0.05, 0.1) is 11.0 Å². The third-order valence-electron chi connectivity index (χ3n) is 6.98. The summed E-state index contributed by atoms with van der Waals surface area (Å²) in [5.41, 5.74) is 1.96. The monoisotopic (exact) mass is 451 g/mol. The van der Waals surface area contributed by atoms with Gasteiger partial charge in [0.1, 0.15) is 0 Å². The van der Waals surface area contributed by atoms with Gasteiger partial charge in [-0.2, -0.15) is 4.31 Å². The molecule has 3 aliphatic rings. The summed E-state index contributed by atoms with van der Waals surface area (Å²) in [5, 5.41) is 4.19. The molecule has 0 amide bonds. The number of rotatable bonds is 4. The molecule has 0 aliphatic carbocycles. The minimum atomic E-state index is -3.44. The van der Waals surface area contributed by atoms with Gasteiger partial charge in [0.15, 0.2) is 5.11 Å². The van der Waals surface area contributed by atoms with Gasteiger partial charge in [0.25, 0.3) is 0 Å². The Balaban J connectivity index is 1.34. The highest BCUT2D eigenvalue weighted by Crippen LogP contribution is 2.41. The van der Waals surface area contributed by atoms with Crippen LogP contribution in [0.25, 0.3) is 0 Å². The van der Waals surface area contributed by atoms with Crippen LogP contribution in [0.4, 0.5) is 0 Å². The second-order valence-electron chi connectivity index (χ2n) is 9.17. The highest BCUT2D eigenvalue weighted by molar-refractivity contribution is 7.89. The molecule has 1 N–H and O–H groups in total. The number of likely N-dealkylation sites (tertiary alicyclic amines) is 1. The number of nitrogens with zero attached hydrogens (tertiary/aromatic N) is 2. The minimum Gasteiger partial charge on any atom is -0.376 e. The van der Waals surface area contributed by atoms with Crippen LogP contribution < -0.4 is 5.32 Å². The maximum absolute atomic E-state index is 13.2. The lowest BCUT2D eigenvalue weighted by Crippen LogP contribution is -2.46. The predicted molar refractivity (Wildman–Crippen MR) is 122 cm³/mol. The minimum absolute atomic E-state index is 0.170. The van der Waals surface area contributed by atoms with Crippen molar-refractivity contribution in [1.29, 1.82) is 0 Å². The smallest absolute Gasteiger partial charge is 0.243 e. The summed E-state index contributed by atoms with van der Waals surface area (Å²) in [5.74, 6) is 0. The molecule has 3 aliphatic heterocycles. The maximum Gasteiger partial charge on any atom is 0.243 e. The Morgan fingerprint density at radius 1 is 1.23 bits per heavy atom. The van der Waals surface area contributed by atoms with Gasteiger partial charge in [-0.05, 0) is 80.8 Å². The van der Waals surface area contributed by atoms with E-state index in [0.29, 0.717) is 18.0 Å². The summed E-state index contributed by atoms with van der Waals surface area (Å²) in [4.78, 5) is 2.71. The Labute approximate surface area is 186 Å². The van der Waals surface area contributed by atoms with Crippen LogP contribution in [-0.2, 0) is 14.8 Å². The number of ether oxygens (including phenoxy) is 1. The van der Waals surface area contributed by atoms with Crippen LogP contribution in [0.1, 0.15) is 43.2 Å². The number of thiocarbonyl (C=S) groups is 1. The van der Waals surface area contributed by atoms with Crippen LogP contribution in [-0.4, -0.2) is 68.2 Å². The van der Waals surface area contributed by atoms with E-state index in [0.717, 1.165) is 74.6 Å². The summed E-state index contributed by atoms with van der Waals surface area (Å²) in [6.45, 7) is 8.48. The first-order chi connectivity index (χ1) is 14.3. The zero-order chi connectivity index (χ0) is 21.4. The van der Waals surface area contributed by atoms with Gasteiger partial charge in [0.2, 0.25) is 10.0 Å². The Kier molecular flexibility index (Phi) is 6.40. The largest absolute Gasteiger partial charge is 0.376 e. The molecule has 0 saturated carbocycles. The molecule has 0 bridgehead atoms. The van der Waals surface area contributed by atoms with Gasteiger partial charge < -0.3 is 15.0 Å². The third kappa shape index (κ3) is 4.52. The van der Waals surface area contributed by atoms with Gasteiger partial charge >= 0.3 is 0 Å². The van der Waals surface area contributed by atoms with Crippen LogP contribution in [0.5, 0.6) is 0 Å². The molecule has 30 heavy (non-hydrogen) atoms. The second-order valence-corrected chi connectivity index (χ2v) is 11.5. The standard InChI is InChI=1S/C22H33N3O3S2/c1-17-5-6-18(2)20(14-17)30(26,27)25-11-8-22(9-12-25)7-10-24(16-22)21(29)23-15-19-4-3-13-28-19/h5-6,14,19H,3-4,7-13,15-16H2,1-2H3,(H,23,29). The molecule has 3 saturated heterocycles. The summed E-state index contributed by atoms with van der Waals surface area (Å²) in [6, 6.07) is 5.65. The van der Waals surface area contributed by atoms with Gasteiger partial charge in [-0.1, -0.05) is 12.1 Å². The molecule has 1 aromatic rings. The fourth-order valence-electron chi connectivity index (χ4n) is 4.96. The molecule has 1 aromatic carbocycles. The Morgan fingerprint density at radius 2 is 1.97 bits per heavy atom. The van der Waals surface area contributed by atoms with Crippen molar-refractivity contribution in [3.8, 4) is 0 Å². The summed E-state index contributed by atoms with van der Waals surface area (Å²) in [7, 11) is -3.44. The molecule has 1 unspecified atom stereocenters. The van der Waals surface area contributed by atoms with Gasteiger partial charge in [-0.25, -0.2) is 8.42 Å². The number of hydrogen-bond acceptors (Lipinski definition) is 4. The number of sulfonamides is 1. The number of hydrogen-bond donors (Lipinski definition) is 1. The highest BCUT2D eigenvalue weighted by Gasteiger charge is 2.43. The average molecular weight is 452 g/mol. The Morgan fingerprint density at radius 3 is 2.67 bits per heavy atom. The number of nitrogens with one attached hydrogen (secondary N) is 1. The van der Waals surface area contributed by atoms with E-state index in [1.807, 2.05) is 26.0 Å². The van der Waals surface area contributed by atoms with Gasteiger partial charge in [0, 0.05) is 39.3 Å². The molecule has 3 fully saturated rings. The third-order valence-corrected chi connectivity index (χ3v) is 9.42. The van der Waals surface area contributed by atoms with Crippen LogP contribution in [0.2, 0.25) is 0 Å². The molecular weight excluding hydrogens is 418 g/mol. The lowest BCUT2D eigenvalue weighted by atomic mass is 9.78. The molecule has 0 radical (unpaired) electrons. The van der Waals surface area contributed by atoms with E-state index >= 15 is 0 Å². The topological polar surface area (TPSA) is 61.9 Å². The van der Waals surface area contributed by atoms with E-state index in [-0.39, 0.29) is 11.5 Å². The predicted octanol–water partition coefficient (Wildman–Crippen LogP) is 2.83. The van der Waals surface area contributed by atoms with Crippen LogP contribution in [0.3, 0.4) is 0 Å². The quantitative estimate of drug-likeness (QED) is 0.711. The molecule has 0 aromatic heterocycles. The first kappa shape index (κ1) is 22.0. The van der Waals surface area contributed by atoms with Crippen molar-refractivity contribution in [2.75, 3.05) is 39.3 Å². The summed E-state index contributed by atoms with van der Waals surface area (Å²) >= 11 is 5.63. The summed E-state index contributed by atoms with van der Waals surface area (Å²) in [6.07, 6.45) is 5.37. The second kappa shape index (κ2) is 8.73. The first-order valence-electron chi connectivity index (χ1n) is 11.0. The van der Waals surface area contributed by atoms with E-state index in [2.05, 4.69) is 10.2 Å². The molecule has 1 spiro atoms. The summed E-state index contributed by atoms with van der Waals surface area (Å²) < 4.78 is 33.8. The molecular formula is C22H33N3O3S2. The average Bonchev–Trinajstić information content (AvgIpc) is 3.39. The molecule has 166 valence electrons. The Hall–Kier alpha value is -1.22. The molecule has 6 nitrogen and oxygen atoms in total. The van der Waals surface area contributed by atoms with Crippen molar-refractivity contribution < 1.29 is 13.2 Å². The van der Waals surface area contributed by atoms with E-state index in [1.54, 1.807) is 10.4 Å². The zero-order valence-electron chi connectivity index (χ0n) is 18.0. The van der Waals surface area contributed by atoms with Crippen molar-refractivity contribution in [3.63, 3.8) is 0 Å². The van der Waals surface area contributed by atoms with Crippen molar-refractivity contribution in [1.82, 2.24) is 14.5 Å². The maximum atomic E-state index is 13.2. The number of benzene rings is 1. The highest BCUT2D eigenvalue weighted by atomic mass is 32.2. The first-order valence-corrected chi connectivity index (χ1v) is 12.9. The normalized spacial score (nSPS) is 24.5. The van der Waals surface area contributed by atoms with Gasteiger partial charge in [-0.15, -0.1) is 0 Å². The Bertz CT molecular complexity index is 889. The molecule has 8 heteroatoms. The van der Waals surface area contributed by atoms with Crippen molar-refractivity contribution in [2.45, 2.75) is 57.0 Å². The zero-order valence-corrected chi connectivity index (χ0v) is 19.7. The van der Waals surface area contributed by atoms with E-state index < -0.39 is 10.0 Å². The number of piperidine rings is 1. The lowest BCUT2D eigenvalue weighted by Gasteiger charge is -2.39. The van der Waals surface area contributed by atoms with E-state index in [9.17, 15) is 8.42 Å². The number of aryl methyl sites for hydroxylation is 2. The van der Waals surface area contributed by atoms with Crippen LogP contribution >= 0.6 is 12.2 Å². The van der Waals surface area contributed by atoms with E-state index in [1.165, 1.54) is 0 Å². The SMILES string of the molecule is Cc1ccc(C)c(S(=O)(=O)N2CCC3(CCN(C(=S)NCC4CCCO4)C3)CC2)c1. The van der Waals surface area contributed by atoms with E-state index in [4.69, 9.17) is 17.0 Å². The van der Waals surface area contributed by atoms with Crippen molar-refractivity contribution in [3.05, 3.63) is 29.3 Å².